The van der Waals surface area contributed by atoms with Crippen LogP contribution in [0.4, 0.5) is 0 Å². The van der Waals surface area contributed by atoms with Gasteiger partial charge in [0.2, 0.25) is 0 Å². The van der Waals surface area contributed by atoms with Crippen molar-refractivity contribution in [1.82, 2.24) is 0 Å². The van der Waals surface area contributed by atoms with Crippen molar-refractivity contribution in [2.24, 2.45) is 0 Å². The molecular weight excluding hydrogens is 372 g/mol. The number of unbranched alkanes of at least 4 members (excludes halogenated alkanes) is 9. The second-order valence-corrected chi connectivity index (χ2v) is 10.7. The van der Waals surface area contributed by atoms with Crippen molar-refractivity contribution in [3.8, 4) is 5.75 Å². The van der Waals surface area contributed by atoms with Crippen LogP contribution in [0.2, 0.25) is 0 Å². The van der Waals surface area contributed by atoms with Gasteiger partial charge >= 0.3 is 5.97 Å². The Labute approximate surface area is 185 Å². The van der Waals surface area contributed by atoms with Crippen LogP contribution in [-0.4, -0.2) is 17.7 Å². The minimum absolute atomic E-state index is 0.253. The molecule has 1 aromatic carbocycles. The maximum atomic E-state index is 12.7. The number of aromatic hydroxyl groups is 1. The molecule has 0 aliphatic heterocycles. The average molecular weight is 419 g/mol. The molecule has 0 heterocycles. The molecule has 3 nitrogen and oxygen atoms in total. The quantitative estimate of drug-likeness (QED) is 0.276. The van der Waals surface area contributed by atoms with E-state index in [0.717, 1.165) is 24.0 Å². The van der Waals surface area contributed by atoms with E-state index in [1.807, 2.05) is 41.5 Å². The third-order valence-electron chi connectivity index (χ3n) is 5.69. The highest BCUT2D eigenvalue weighted by Gasteiger charge is 2.28. The van der Waals surface area contributed by atoms with Crippen LogP contribution in [-0.2, 0) is 15.6 Å². The number of ether oxygens (including phenoxy) is 1. The number of hydrogen-bond donors (Lipinski definition) is 1. The van der Waals surface area contributed by atoms with Crippen LogP contribution in [0.5, 0.6) is 5.75 Å². The van der Waals surface area contributed by atoms with Crippen LogP contribution in [0.15, 0.2) is 12.1 Å². The predicted octanol–water partition coefficient (Wildman–Crippen LogP) is 8.06. The van der Waals surface area contributed by atoms with Gasteiger partial charge in [0, 0.05) is 11.1 Å². The van der Waals surface area contributed by atoms with Gasteiger partial charge in [0.15, 0.2) is 0 Å². The molecule has 0 aromatic heterocycles. The fourth-order valence-electron chi connectivity index (χ4n) is 3.73. The Morgan fingerprint density at radius 1 is 0.767 bits per heavy atom. The van der Waals surface area contributed by atoms with Crippen LogP contribution in [0.25, 0.3) is 0 Å². The van der Waals surface area contributed by atoms with Crippen molar-refractivity contribution in [3.05, 3.63) is 28.8 Å². The largest absolute Gasteiger partial charge is 0.507 e. The van der Waals surface area contributed by atoms with Crippen LogP contribution >= 0.6 is 0 Å². The Bertz CT molecular complexity index is 612. The number of carbonyl (C=O) groups excluding carboxylic acids is 1. The van der Waals surface area contributed by atoms with Gasteiger partial charge in [0.05, 0.1) is 12.2 Å². The molecule has 0 spiro atoms. The summed E-state index contributed by atoms with van der Waals surface area (Å²) in [5.41, 5.74) is 1.62. The number of hydrogen-bond acceptors (Lipinski definition) is 3. The van der Waals surface area contributed by atoms with Crippen molar-refractivity contribution in [3.63, 3.8) is 0 Å². The number of esters is 1. The lowest BCUT2D eigenvalue weighted by Crippen LogP contribution is -2.19. The van der Waals surface area contributed by atoms with E-state index in [9.17, 15) is 9.90 Å². The van der Waals surface area contributed by atoms with E-state index in [1.165, 1.54) is 51.4 Å². The lowest BCUT2D eigenvalue weighted by Gasteiger charge is -2.28. The second kappa shape index (κ2) is 12.4. The zero-order valence-electron chi connectivity index (χ0n) is 20.7. The third-order valence-corrected chi connectivity index (χ3v) is 5.69. The van der Waals surface area contributed by atoms with Crippen LogP contribution in [0, 0.1) is 0 Å². The van der Waals surface area contributed by atoms with Gasteiger partial charge in [-0.2, -0.15) is 0 Å². The SMILES string of the molecule is CCCCCCCCCCCCOC(=O)c1cc(C(C)(C)C)c(O)c(C(C)(C)C)c1. The van der Waals surface area contributed by atoms with Crippen molar-refractivity contribution in [2.45, 2.75) is 124 Å². The van der Waals surface area contributed by atoms with Crippen LogP contribution in [0.1, 0.15) is 134 Å². The molecule has 30 heavy (non-hydrogen) atoms. The monoisotopic (exact) mass is 418 g/mol. The number of benzene rings is 1. The minimum Gasteiger partial charge on any atom is -0.507 e. The molecule has 1 N–H and O–H groups in total. The van der Waals surface area contributed by atoms with E-state index in [4.69, 9.17) is 4.74 Å². The maximum absolute atomic E-state index is 12.7. The molecule has 0 unspecified atom stereocenters. The summed E-state index contributed by atoms with van der Waals surface area (Å²) >= 11 is 0. The van der Waals surface area contributed by atoms with E-state index in [-0.39, 0.29) is 16.8 Å². The molecule has 0 aliphatic carbocycles. The maximum Gasteiger partial charge on any atom is 0.338 e. The van der Waals surface area contributed by atoms with E-state index in [2.05, 4.69) is 6.92 Å². The Balaban J connectivity index is 2.52. The Kier molecular flexibility index (Phi) is 10.9. The van der Waals surface area contributed by atoms with Crippen LogP contribution in [0.3, 0.4) is 0 Å². The molecule has 0 bridgehead atoms. The van der Waals surface area contributed by atoms with Gasteiger partial charge in [-0.1, -0.05) is 106 Å². The standard InChI is InChI=1S/C27H46O3/c1-8-9-10-11-12-13-14-15-16-17-18-30-25(29)21-19-22(26(2,3)4)24(28)23(20-21)27(5,6)7/h19-20,28H,8-18H2,1-7H3. The number of phenols is 1. The molecule has 0 saturated carbocycles. The molecule has 172 valence electrons. The summed E-state index contributed by atoms with van der Waals surface area (Å²) in [6, 6.07) is 3.59. The fraction of sp³-hybridized carbons (Fsp3) is 0.741. The average Bonchev–Trinajstić information content (AvgIpc) is 2.64. The van der Waals surface area contributed by atoms with Gasteiger partial charge in [-0.3, -0.25) is 0 Å². The highest BCUT2D eigenvalue weighted by Crippen LogP contribution is 2.39. The summed E-state index contributed by atoms with van der Waals surface area (Å²) in [6.07, 6.45) is 12.6. The molecule has 0 fully saturated rings. The smallest absolute Gasteiger partial charge is 0.338 e. The first-order valence-electron chi connectivity index (χ1n) is 12.0. The molecule has 0 radical (unpaired) electrons. The van der Waals surface area contributed by atoms with Gasteiger partial charge in [-0.15, -0.1) is 0 Å². The van der Waals surface area contributed by atoms with Crippen molar-refractivity contribution >= 4 is 5.97 Å². The Morgan fingerprint density at radius 3 is 1.57 bits per heavy atom. The van der Waals surface area contributed by atoms with E-state index >= 15 is 0 Å². The zero-order valence-corrected chi connectivity index (χ0v) is 20.7. The van der Waals surface area contributed by atoms with E-state index < -0.39 is 0 Å². The molecule has 0 aliphatic rings. The highest BCUT2D eigenvalue weighted by atomic mass is 16.5. The van der Waals surface area contributed by atoms with Gasteiger partial charge in [-0.25, -0.2) is 4.79 Å². The fourth-order valence-corrected chi connectivity index (χ4v) is 3.73. The summed E-state index contributed by atoms with van der Waals surface area (Å²) in [5, 5.41) is 10.8. The first kappa shape index (κ1) is 26.5. The molecule has 1 rings (SSSR count). The first-order chi connectivity index (χ1) is 14.0. The normalized spacial score (nSPS) is 12.2. The Morgan fingerprint density at radius 2 is 1.17 bits per heavy atom. The van der Waals surface area contributed by atoms with Crippen molar-refractivity contribution in [2.75, 3.05) is 6.61 Å². The summed E-state index contributed by atoms with van der Waals surface area (Å²) in [5.74, 6) is 0.00293. The first-order valence-corrected chi connectivity index (χ1v) is 12.0. The lowest BCUT2D eigenvalue weighted by atomic mass is 9.78. The van der Waals surface area contributed by atoms with Gasteiger partial charge in [0.25, 0.3) is 0 Å². The highest BCUT2D eigenvalue weighted by molar-refractivity contribution is 5.90. The summed E-state index contributed by atoms with van der Waals surface area (Å²) in [7, 11) is 0. The van der Waals surface area contributed by atoms with Gasteiger partial charge in [0.1, 0.15) is 5.75 Å². The summed E-state index contributed by atoms with van der Waals surface area (Å²) in [6.45, 7) is 15.0. The lowest BCUT2D eigenvalue weighted by molar-refractivity contribution is 0.0497. The van der Waals surface area contributed by atoms with E-state index in [0.29, 0.717) is 17.9 Å². The number of rotatable bonds is 12. The van der Waals surface area contributed by atoms with Gasteiger partial charge < -0.3 is 9.84 Å². The number of carbonyl (C=O) groups is 1. The summed E-state index contributed by atoms with van der Waals surface area (Å²) < 4.78 is 5.55. The molecule has 0 saturated heterocycles. The second-order valence-electron chi connectivity index (χ2n) is 10.7. The van der Waals surface area contributed by atoms with Crippen LogP contribution < -0.4 is 0 Å². The zero-order chi connectivity index (χ0) is 22.8. The molecular formula is C27H46O3. The predicted molar refractivity (Wildman–Crippen MR) is 128 cm³/mol. The molecule has 0 amide bonds. The Hall–Kier alpha value is -1.51. The van der Waals surface area contributed by atoms with E-state index in [1.54, 1.807) is 12.1 Å². The summed E-state index contributed by atoms with van der Waals surface area (Å²) in [4.78, 5) is 12.7. The minimum atomic E-state index is -0.290. The molecule has 3 heteroatoms. The van der Waals surface area contributed by atoms with Crippen molar-refractivity contribution < 1.29 is 14.6 Å². The van der Waals surface area contributed by atoms with Gasteiger partial charge in [-0.05, 0) is 29.4 Å². The van der Waals surface area contributed by atoms with Crippen molar-refractivity contribution in [1.29, 1.82) is 0 Å². The number of phenolic OH excluding ortho intramolecular Hbond substituents is 1. The molecule has 0 atom stereocenters. The topological polar surface area (TPSA) is 46.5 Å². The molecule has 1 aromatic rings. The third kappa shape index (κ3) is 9.10.